The van der Waals surface area contributed by atoms with Gasteiger partial charge in [0.15, 0.2) is 0 Å². The van der Waals surface area contributed by atoms with Crippen LogP contribution in [0.15, 0.2) is 48.5 Å². The zero-order valence-corrected chi connectivity index (χ0v) is 18.1. The molecule has 2 rings (SSSR count). The molecular formula is C23H31N3O6. The van der Waals surface area contributed by atoms with Gasteiger partial charge in [0.25, 0.3) is 5.69 Å². The molecule has 2 aromatic rings. The van der Waals surface area contributed by atoms with Crippen molar-refractivity contribution in [3.8, 4) is 0 Å². The number of nitro groups is 1. The summed E-state index contributed by atoms with van der Waals surface area (Å²) in [6, 6.07) is 12.0. The van der Waals surface area contributed by atoms with Crippen LogP contribution in [0, 0.1) is 10.1 Å². The third-order valence-electron chi connectivity index (χ3n) is 4.78. The summed E-state index contributed by atoms with van der Waals surface area (Å²) in [7, 11) is 0. The summed E-state index contributed by atoms with van der Waals surface area (Å²) in [4.78, 5) is 30.9. The fourth-order valence-corrected chi connectivity index (χ4v) is 2.86. The average molecular weight is 446 g/mol. The van der Waals surface area contributed by atoms with Crippen LogP contribution in [0.25, 0.3) is 0 Å². The number of nitrogens with two attached hydrogens (primary N) is 2. The molecule has 0 fully saturated rings. The fraction of sp³-hybridized carbons (Fsp3) is 0.391. The lowest BCUT2D eigenvalue weighted by atomic mass is 10.0. The lowest BCUT2D eigenvalue weighted by molar-refractivity contribution is -0.384. The summed E-state index contributed by atoms with van der Waals surface area (Å²) in [5, 5.41) is 27.6. The van der Waals surface area contributed by atoms with E-state index in [1.165, 1.54) is 49.1 Å². The molecule has 0 aliphatic carbocycles. The van der Waals surface area contributed by atoms with Crippen LogP contribution < -0.4 is 11.5 Å². The molecule has 0 aliphatic heterocycles. The van der Waals surface area contributed by atoms with Crippen LogP contribution in [0.1, 0.15) is 42.9 Å². The minimum absolute atomic E-state index is 0.0253. The summed E-state index contributed by atoms with van der Waals surface area (Å²) in [6.07, 6.45) is 5.35. The Kier molecular flexibility index (Phi) is 11.6. The molecule has 32 heavy (non-hydrogen) atoms. The predicted molar refractivity (Wildman–Crippen MR) is 121 cm³/mol. The van der Waals surface area contributed by atoms with E-state index in [0.717, 1.165) is 12.0 Å². The molecule has 0 saturated carbocycles. The normalized spacial score (nSPS) is 12.2. The number of hydrogen-bond donors (Lipinski definition) is 4. The second-order valence-corrected chi connectivity index (χ2v) is 7.49. The van der Waals surface area contributed by atoms with Crippen molar-refractivity contribution in [3.63, 3.8) is 0 Å². The first kappa shape index (κ1) is 26.7. The summed E-state index contributed by atoms with van der Waals surface area (Å²) < 4.78 is 0. The highest BCUT2D eigenvalue weighted by molar-refractivity contribution is 5.73. The smallest absolute Gasteiger partial charge is 0.320 e. The van der Waals surface area contributed by atoms with Crippen molar-refractivity contribution in [2.45, 2.75) is 57.5 Å². The van der Waals surface area contributed by atoms with E-state index in [2.05, 4.69) is 19.1 Å². The number of carboxylic acid groups (broad SMARTS) is 2. The number of unbranched alkanes of at least 4 members (excludes halogenated alkanes) is 2. The van der Waals surface area contributed by atoms with Crippen LogP contribution in [0.3, 0.4) is 0 Å². The summed E-state index contributed by atoms with van der Waals surface area (Å²) in [6.45, 7) is 2.19. The Hall–Kier alpha value is -3.30. The van der Waals surface area contributed by atoms with E-state index in [1.54, 1.807) is 0 Å². The van der Waals surface area contributed by atoms with Crippen LogP contribution in [0.5, 0.6) is 0 Å². The summed E-state index contributed by atoms with van der Waals surface area (Å²) in [5.41, 5.74) is 13.7. The third-order valence-corrected chi connectivity index (χ3v) is 4.78. The molecule has 2 aromatic carbocycles. The predicted octanol–water partition coefficient (Wildman–Crippen LogP) is 2.92. The Morgan fingerprint density at radius 3 is 1.62 bits per heavy atom. The van der Waals surface area contributed by atoms with Gasteiger partial charge in [0.05, 0.1) is 4.92 Å². The van der Waals surface area contributed by atoms with Gasteiger partial charge in [0.1, 0.15) is 12.1 Å². The van der Waals surface area contributed by atoms with Crippen molar-refractivity contribution in [1.29, 1.82) is 0 Å². The number of hydrogen-bond acceptors (Lipinski definition) is 6. The Bertz CT molecular complexity index is 868. The quantitative estimate of drug-likeness (QED) is 0.232. The van der Waals surface area contributed by atoms with E-state index >= 15 is 0 Å². The van der Waals surface area contributed by atoms with Gasteiger partial charge in [-0.05, 0) is 42.4 Å². The number of aliphatic carboxylic acids is 2. The van der Waals surface area contributed by atoms with Crippen LogP contribution in [-0.4, -0.2) is 39.2 Å². The minimum atomic E-state index is -1.09. The molecule has 2 atom stereocenters. The average Bonchev–Trinajstić information content (AvgIpc) is 2.75. The molecule has 9 heteroatoms. The van der Waals surface area contributed by atoms with Gasteiger partial charge < -0.3 is 21.7 Å². The largest absolute Gasteiger partial charge is 0.480 e. The Labute approximate surface area is 187 Å². The number of nitro benzene ring substituents is 1. The Balaban J connectivity index is 0.000000323. The summed E-state index contributed by atoms with van der Waals surface area (Å²) in [5.74, 6) is -2.04. The zero-order chi connectivity index (χ0) is 24.1. The fourth-order valence-electron chi connectivity index (χ4n) is 2.86. The highest BCUT2D eigenvalue weighted by Crippen LogP contribution is 2.13. The highest BCUT2D eigenvalue weighted by Gasteiger charge is 2.13. The number of benzene rings is 2. The van der Waals surface area contributed by atoms with Crippen molar-refractivity contribution in [1.82, 2.24) is 0 Å². The van der Waals surface area contributed by atoms with E-state index in [0.29, 0.717) is 12.0 Å². The molecule has 6 N–H and O–H groups in total. The maximum atomic E-state index is 10.6. The van der Waals surface area contributed by atoms with Gasteiger partial charge in [-0.3, -0.25) is 19.7 Å². The molecule has 0 spiro atoms. The SMILES string of the molecule is CCCCCc1ccc(C[C@H](N)C(=O)O)cc1.N[C@@H](Cc1ccc([N+](=O)[O-])cc1)C(=O)O. The highest BCUT2D eigenvalue weighted by atomic mass is 16.6. The first-order valence-corrected chi connectivity index (χ1v) is 10.4. The maximum absolute atomic E-state index is 10.6. The topological polar surface area (TPSA) is 170 Å². The third kappa shape index (κ3) is 10.1. The van der Waals surface area contributed by atoms with Gasteiger partial charge in [-0.1, -0.05) is 56.2 Å². The maximum Gasteiger partial charge on any atom is 0.320 e. The van der Waals surface area contributed by atoms with E-state index in [-0.39, 0.29) is 12.1 Å². The number of rotatable bonds is 11. The van der Waals surface area contributed by atoms with Crippen molar-refractivity contribution < 1.29 is 24.7 Å². The molecule has 0 radical (unpaired) electrons. The second kappa shape index (κ2) is 13.9. The lowest BCUT2D eigenvalue weighted by Gasteiger charge is -2.07. The lowest BCUT2D eigenvalue weighted by Crippen LogP contribution is -2.32. The molecule has 9 nitrogen and oxygen atoms in total. The molecule has 0 aliphatic rings. The number of carboxylic acids is 2. The molecule has 174 valence electrons. The number of aryl methyl sites for hydroxylation is 1. The van der Waals surface area contributed by atoms with Crippen molar-refractivity contribution in [2.24, 2.45) is 11.5 Å². The molecule has 0 saturated heterocycles. The molecule has 0 heterocycles. The zero-order valence-electron chi connectivity index (χ0n) is 18.1. The van der Waals surface area contributed by atoms with Gasteiger partial charge in [-0.15, -0.1) is 0 Å². The molecule has 0 bridgehead atoms. The molecule has 0 unspecified atom stereocenters. The number of non-ortho nitro benzene ring substituents is 1. The molecule has 0 aromatic heterocycles. The van der Waals surface area contributed by atoms with Gasteiger partial charge in [0.2, 0.25) is 0 Å². The van der Waals surface area contributed by atoms with Crippen molar-refractivity contribution in [3.05, 3.63) is 75.3 Å². The van der Waals surface area contributed by atoms with Gasteiger partial charge in [0, 0.05) is 12.1 Å². The standard InChI is InChI=1S/C14H21NO2.C9H10N2O4/c1-2-3-4-5-11-6-8-12(9-7-11)10-13(15)14(16)17;10-8(9(12)13)5-6-1-3-7(4-2-6)11(14)15/h6-9,13H,2-5,10,15H2,1H3,(H,16,17);1-4,8H,5,10H2,(H,12,13)/t13-;8-/m00/s1. The number of carbonyl (C=O) groups is 2. The van der Waals surface area contributed by atoms with Gasteiger partial charge in [-0.2, -0.15) is 0 Å². The first-order chi connectivity index (χ1) is 15.1. The first-order valence-electron chi connectivity index (χ1n) is 10.4. The van der Waals surface area contributed by atoms with Gasteiger partial charge in [-0.25, -0.2) is 0 Å². The van der Waals surface area contributed by atoms with Crippen LogP contribution in [0.4, 0.5) is 5.69 Å². The molecular weight excluding hydrogens is 414 g/mol. The molecule has 0 amide bonds. The van der Waals surface area contributed by atoms with Crippen LogP contribution in [-0.2, 0) is 28.9 Å². The van der Waals surface area contributed by atoms with Crippen molar-refractivity contribution in [2.75, 3.05) is 0 Å². The van der Waals surface area contributed by atoms with E-state index in [1.807, 2.05) is 12.1 Å². The van der Waals surface area contributed by atoms with E-state index in [9.17, 15) is 19.7 Å². The summed E-state index contributed by atoms with van der Waals surface area (Å²) >= 11 is 0. The van der Waals surface area contributed by atoms with Gasteiger partial charge >= 0.3 is 11.9 Å². The second-order valence-electron chi connectivity index (χ2n) is 7.49. The minimum Gasteiger partial charge on any atom is -0.480 e. The van der Waals surface area contributed by atoms with E-state index in [4.69, 9.17) is 21.7 Å². The van der Waals surface area contributed by atoms with Crippen LogP contribution in [0.2, 0.25) is 0 Å². The van der Waals surface area contributed by atoms with Crippen LogP contribution >= 0.6 is 0 Å². The van der Waals surface area contributed by atoms with E-state index < -0.39 is 28.9 Å². The number of nitrogens with zero attached hydrogens (tertiary/aromatic N) is 1. The Morgan fingerprint density at radius 2 is 1.25 bits per heavy atom. The Morgan fingerprint density at radius 1 is 0.844 bits per heavy atom. The monoisotopic (exact) mass is 445 g/mol. The van der Waals surface area contributed by atoms with Crippen molar-refractivity contribution >= 4 is 17.6 Å².